The number of halogens is 2. The molecule has 0 aliphatic carbocycles. The van der Waals surface area contributed by atoms with Crippen molar-refractivity contribution in [3.63, 3.8) is 0 Å². The fourth-order valence-electron chi connectivity index (χ4n) is 1.55. The van der Waals surface area contributed by atoms with Crippen LogP contribution in [-0.4, -0.2) is 0 Å². The summed E-state index contributed by atoms with van der Waals surface area (Å²) in [6.07, 6.45) is 0. The Bertz CT molecular complexity index is 518. The Morgan fingerprint density at radius 3 is 2.12 bits per heavy atom. The molecule has 0 saturated carbocycles. The second kappa shape index (κ2) is 3.93. The number of hydrogen-bond acceptors (Lipinski definition) is 1. The minimum atomic E-state index is -0.923. The average Bonchev–Trinajstić information content (AvgIpc) is 2.25. The first kappa shape index (κ1) is 10.6. The van der Waals surface area contributed by atoms with Crippen LogP contribution in [0.5, 0.6) is 0 Å². The lowest BCUT2D eigenvalue weighted by atomic mass is 10.0. The topological polar surface area (TPSA) is 26.0 Å². The number of benzene rings is 2. The Kier molecular flexibility index (Phi) is 2.60. The molecule has 2 N–H and O–H groups in total. The SMILES string of the molecule is Cc1ccc(-c2cc(F)c(F)cc2N)cc1. The lowest BCUT2D eigenvalue weighted by Gasteiger charge is -2.07. The Hall–Kier alpha value is -1.90. The van der Waals surface area contributed by atoms with Crippen molar-refractivity contribution < 1.29 is 8.78 Å². The van der Waals surface area contributed by atoms with Crippen LogP contribution in [0, 0.1) is 18.6 Å². The van der Waals surface area contributed by atoms with Crippen LogP contribution in [-0.2, 0) is 0 Å². The van der Waals surface area contributed by atoms with Crippen molar-refractivity contribution in [2.75, 3.05) is 5.73 Å². The minimum Gasteiger partial charge on any atom is -0.398 e. The number of aryl methyl sites for hydroxylation is 1. The van der Waals surface area contributed by atoms with Gasteiger partial charge in [0.2, 0.25) is 0 Å². The van der Waals surface area contributed by atoms with E-state index in [0.29, 0.717) is 5.56 Å². The van der Waals surface area contributed by atoms with Gasteiger partial charge in [-0.2, -0.15) is 0 Å². The van der Waals surface area contributed by atoms with E-state index in [4.69, 9.17) is 5.73 Å². The second-order valence-corrected chi connectivity index (χ2v) is 3.72. The summed E-state index contributed by atoms with van der Waals surface area (Å²) >= 11 is 0. The zero-order valence-corrected chi connectivity index (χ0v) is 8.80. The first-order chi connectivity index (χ1) is 7.58. The van der Waals surface area contributed by atoms with Crippen LogP contribution in [0.2, 0.25) is 0 Å². The average molecular weight is 219 g/mol. The van der Waals surface area contributed by atoms with E-state index in [0.717, 1.165) is 23.3 Å². The fraction of sp³-hybridized carbons (Fsp3) is 0.0769. The highest BCUT2D eigenvalue weighted by atomic mass is 19.2. The van der Waals surface area contributed by atoms with Crippen molar-refractivity contribution in [2.45, 2.75) is 6.92 Å². The maximum absolute atomic E-state index is 13.1. The standard InChI is InChI=1S/C13H11F2N/c1-8-2-4-9(5-3-8)10-6-11(14)12(15)7-13(10)16/h2-7H,16H2,1H3. The van der Waals surface area contributed by atoms with Crippen LogP contribution >= 0.6 is 0 Å². The minimum absolute atomic E-state index is 0.239. The second-order valence-electron chi connectivity index (χ2n) is 3.72. The normalized spacial score (nSPS) is 10.4. The molecule has 0 aromatic heterocycles. The first-order valence-electron chi connectivity index (χ1n) is 4.89. The van der Waals surface area contributed by atoms with Gasteiger partial charge in [-0.25, -0.2) is 8.78 Å². The molecule has 0 amide bonds. The molecule has 0 spiro atoms. The highest BCUT2D eigenvalue weighted by Gasteiger charge is 2.08. The van der Waals surface area contributed by atoms with Gasteiger partial charge in [-0.3, -0.25) is 0 Å². The van der Waals surface area contributed by atoms with Gasteiger partial charge >= 0.3 is 0 Å². The van der Waals surface area contributed by atoms with E-state index in [1.54, 1.807) is 0 Å². The number of nitrogens with two attached hydrogens (primary N) is 1. The monoisotopic (exact) mass is 219 g/mol. The molecule has 0 aliphatic heterocycles. The van der Waals surface area contributed by atoms with E-state index >= 15 is 0 Å². The van der Waals surface area contributed by atoms with Crippen molar-refractivity contribution in [2.24, 2.45) is 0 Å². The van der Waals surface area contributed by atoms with Crippen molar-refractivity contribution in [3.05, 3.63) is 53.6 Å². The van der Waals surface area contributed by atoms with E-state index < -0.39 is 11.6 Å². The zero-order valence-electron chi connectivity index (χ0n) is 8.80. The van der Waals surface area contributed by atoms with E-state index in [9.17, 15) is 8.78 Å². The van der Waals surface area contributed by atoms with Crippen LogP contribution in [0.25, 0.3) is 11.1 Å². The molecule has 2 aromatic carbocycles. The molecule has 0 unspecified atom stereocenters. The zero-order chi connectivity index (χ0) is 11.7. The first-order valence-corrected chi connectivity index (χ1v) is 4.89. The molecular formula is C13H11F2N. The number of nitrogen functional groups attached to an aromatic ring is 1. The lowest BCUT2D eigenvalue weighted by Crippen LogP contribution is -1.94. The molecule has 1 nitrogen and oxygen atoms in total. The third kappa shape index (κ3) is 1.89. The van der Waals surface area contributed by atoms with E-state index in [2.05, 4.69) is 0 Å². The summed E-state index contributed by atoms with van der Waals surface area (Å²) in [5.41, 5.74) is 8.29. The molecule has 0 saturated heterocycles. The summed E-state index contributed by atoms with van der Waals surface area (Å²) in [6, 6.07) is 9.59. The summed E-state index contributed by atoms with van der Waals surface area (Å²) in [5, 5.41) is 0. The molecule has 0 bridgehead atoms. The van der Waals surface area contributed by atoms with Gasteiger partial charge in [0.25, 0.3) is 0 Å². The Balaban J connectivity index is 2.56. The summed E-state index contributed by atoms with van der Waals surface area (Å²) < 4.78 is 26.0. The predicted molar refractivity (Wildman–Crippen MR) is 60.9 cm³/mol. The molecule has 0 fully saturated rings. The van der Waals surface area contributed by atoms with E-state index in [1.807, 2.05) is 31.2 Å². The van der Waals surface area contributed by atoms with Gasteiger partial charge in [0.05, 0.1) is 0 Å². The highest BCUT2D eigenvalue weighted by molar-refractivity contribution is 5.76. The summed E-state index contributed by atoms with van der Waals surface area (Å²) in [4.78, 5) is 0. The van der Waals surface area contributed by atoms with Gasteiger partial charge in [-0.05, 0) is 18.6 Å². The van der Waals surface area contributed by atoms with Gasteiger partial charge in [0.15, 0.2) is 11.6 Å². The van der Waals surface area contributed by atoms with Crippen LogP contribution in [0.3, 0.4) is 0 Å². The molecule has 3 heteroatoms. The van der Waals surface area contributed by atoms with Crippen LogP contribution in [0.4, 0.5) is 14.5 Å². The molecular weight excluding hydrogens is 208 g/mol. The van der Waals surface area contributed by atoms with Gasteiger partial charge in [0, 0.05) is 17.3 Å². The maximum Gasteiger partial charge on any atom is 0.160 e. The summed E-state index contributed by atoms with van der Waals surface area (Å²) in [7, 11) is 0. The third-order valence-corrected chi connectivity index (χ3v) is 2.46. The van der Waals surface area contributed by atoms with Gasteiger partial charge in [-0.1, -0.05) is 29.8 Å². The molecule has 2 rings (SSSR count). The van der Waals surface area contributed by atoms with Crippen molar-refractivity contribution >= 4 is 5.69 Å². The summed E-state index contributed by atoms with van der Waals surface area (Å²) in [5.74, 6) is -1.81. The van der Waals surface area contributed by atoms with E-state index in [-0.39, 0.29) is 5.69 Å². The number of hydrogen-bond donors (Lipinski definition) is 1. The van der Waals surface area contributed by atoms with Crippen LogP contribution in [0.15, 0.2) is 36.4 Å². The Labute approximate surface area is 92.5 Å². The summed E-state index contributed by atoms with van der Waals surface area (Å²) in [6.45, 7) is 1.96. The van der Waals surface area contributed by atoms with Crippen molar-refractivity contribution in [3.8, 4) is 11.1 Å². The largest absolute Gasteiger partial charge is 0.398 e. The number of rotatable bonds is 1. The van der Waals surface area contributed by atoms with Gasteiger partial charge < -0.3 is 5.73 Å². The Morgan fingerprint density at radius 1 is 0.938 bits per heavy atom. The molecule has 0 radical (unpaired) electrons. The Morgan fingerprint density at radius 2 is 1.50 bits per heavy atom. The molecule has 16 heavy (non-hydrogen) atoms. The van der Waals surface area contributed by atoms with E-state index in [1.165, 1.54) is 0 Å². The third-order valence-electron chi connectivity index (χ3n) is 2.46. The van der Waals surface area contributed by atoms with Crippen molar-refractivity contribution in [1.82, 2.24) is 0 Å². The highest BCUT2D eigenvalue weighted by Crippen LogP contribution is 2.28. The quantitative estimate of drug-likeness (QED) is 0.729. The fourth-order valence-corrected chi connectivity index (χ4v) is 1.55. The van der Waals surface area contributed by atoms with Gasteiger partial charge in [0.1, 0.15) is 0 Å². The molecule has 82 valence electrons. The maximum atomic E-state index is 13.1. The smallest absolute Gasteiger partial charge is 0.160 e. The van der Waals surface area contributed by atoms with Gasteiger partial charge in [-0.15, -0.1) is 0 Å². The van der Waals surface area contributed by atoms with Crippen molar-refractivity contribution in [1.29, 1.82) is 0 Å². The van der Waals surface area contributed by atoms with Crippen LogP contribution < -0.4 is 5.73 Å². The molecule has 0 heterocycles. The number of anilines is 1. The van der Waals surface area contributed by atoms with Crippen LogP contribution in [0.1, 0.15) is 5.56 Å². The lowest BCUT2D eigenvalue weighted by molar-refractivity contribution is 0.509. The molecule has 0 atom stereocenters. The predicted octanol–water partition coefficient (Wildman–Crippen LogP) is 3.52. The molecule has 2 aromatic rings. The molecule has 0 aliphatic rings.